The smallest absolute Gasteiger partial charge is 0.349 e. The zero-order chi connectivity index (χ0) is 18.0. The average Bonchev–Trinajstić information content (AvgIpc) is 2.49. The molecule has 5 nitrogen and oxygen atoms in total. The highest BCUT2D eigenvalue weighted by molar-refractivity contribution is 8.00. The van der Waals surface area contributed by atoms with Crippen molar-refractivity contribution in [2.45, 2.75) is 24.4 Å². The zero-order valence-corrected chi connectivity index (χ0v) is 13.5. The number of ketones is 1. The van der Waals surface area contributed by atoms with Crippen LogP contribution in [0.25, 0.3) is 10.9 Å². The van der Waals surface area contributed by atoms with Gasteiger partial charge in [-0.15, -0.1) is 0 Å². The normalized spacial score (nSPS) is 12.2. The van der Waals surface area contributed by atoms with E-state index in [-0.39, 0.29) is 22.5 Å². The summed E-state index contributed by atoms with van der Waals surface area (Å²) in [5.41, 5.74) is -2.54. The number of rotatable bonds is 5. The molecule has 0 fully saturated rings. The Morgan fingerprint density at radius 1 is 1.33 bits per heavy atom. The van der Waals surface area contributed by atoms with Crippen LogP contribution in [0.2, 0.25) is 0 Å². The van der Waals surface area contributed by atoms with Gasteiger partial charge in [0, 0.05) is 6.07 Å². The topological polar surface area (TPSA) is 77.7 Å². The Morgan fingerprint density at radius 3 is 2.54 bits per heavy atom. The first-order valence-electron chi connectivity index (χ1n) is 6.81. The predicted molar refractivity (Wildman–Crippen MR) is 79.5 cm³/mol. The Balaban J connectivity index is 2.72. The van der Waals surface area contributed by atoms with Gasteiger partial charge in [-0.1, -0.05) is 0 Å². The van der Waals surface area contributed by atoms with Gasteiger partial charge < -0.3 is 9.84 Å². The molecule has 9 heteroatoms. The number of fused-ring (bicyclic) bond motifs is 1. The number of thioether (sulfide) groups is 1. The van der Waals surface area contributed by atoms with E-state index in [1.165, 1.54) is 6.92 Å². The number of carbonyl (C=O) groups is 2. The Kier molecular flexibility index (Phi) is 5.33. The lowest BCUT2D eigenvalue weighted by atomic mass is 10.1. The molecule has 1 unspecified atom stereocenters. The first kappa shape index (κ1) is 18.1. The van der Waals surface area contributed by atoms with Crippen molar-refractivity contribution in [1.82, 2.24) is 0 Å². The molecule has 0 aliphatic carbocycles. The number of halogens is 3. The van der Waals surface area contributed by atoms with E-state index in [1.807, 2.05) is 0 Å². The van der Waals surface area contributed by atoms with Crippen LogP contribution in [0.3, 0.4) is 0 Å². The van der Waals surface area contributed by atoms with E-state index in [2.05, 4.69) is 4.98 Å². The number of carbonyl (C=O) groups excluding carboxylic acids is 2. The van der Waals surface area contributed by atoms with Crippen molar-refractivity contribution in [2.24, 2.45) is 0 Å². The van der Waals surface area contributed by atoms with Gasteiger partial charge in [-0.3, -0.25) is 4.79 Å². The maximum Gasteiger partial charge on any atom is 0.349 e. The molecule has 0 radical (unpaired) electrons. The summed E-state index contributed by atoms with van der Waals surface area (Å²) >= 11 is 0.323. The van der Waals surface area contributed by atoms with Crippen LogP contribution >= 0.6 is 11.8 Å². The first-order valence-corrected chi connectivity index (χ1v) is 7.69. The van der Waals surface area contributed by atoms with Crippen LogP contribution in [0.15, 0.2) is 17.2 Å². The zero-order valence-electron chi connectivity index (χ0n) is 12.7. The number of hydrogen-bond donors (Lipinski definition) is 1. The lowest BCUT2D eigenvalue weighted by Crippen LogP contribution is -2.20. The molecular weight excluding hydrogens is 347 g/mol. The Labute approximate surface area is 138 Å². The van der Waals surface area contributed by atoms with E-state index in [0.29, 0.717) is 17.8 Å². The summed E-state index contributed by atoms with van der Waals surface area (Å²) in [4.78, 5) is 25.7. The van der Waals surface area contributed by atoms with Crippen LogP contribution in [0, 0.1) is 11.6 Å². The summed E-state index contributed by atoms with van der Waals surface area (Å²) in [6.45, 7) is 2.51. The van der Waals surface area contributed by atoms with E-state index in [0.717, 1.165) is 13.0 Å². The van der Waals surface area contributed by atoms with Gasteiger partial charge in [0.2, 0.25) is 11.0 Å². The van der Waals surface area contributed by atoms with Crippen molar-refractivity contribution < 1.29 is 37.6 Å². The van der Waals surface area contributed by atoms with Crippen molar-refractivity contribution in [3.63, 3.8) is 0 Å². The first-order chi connectivity index (χ1) is 11.3. The van der Waals surface area contributed by atoms with E-state index in [4.69, 9.17) is 4.74 Å². The Bertz CT molecular complexity index is 828. The van der Waals surface area contributed by atoms with Crippen LogP contribution < -0.4 is 4.98 Å². The fourth-order valence-electron chi connectivity index (χ4n) is 1.94. The molecule has 24 heavy (non-hydrogen) atoms. The number of alkyl halides is 1. The van der Waals surface area contributed by atoms with Crippen molar-refractivity contribution in [3.05, 3.63) is 29.3 Å². The van der Waals surface area contributed by atoms with E-state index in [9.17, 15) is 27.9 Å². The summed E-state index contributed by atoms with van der Waals surface area (Å²) in [6, 6.07) is 1.45. The number of ether oxygens (including phenoxy) is 1. The van der Waals surface area contributed by atoms with Crippen molar-refractivity contribution >= 4 is 34.4 Å². The van der Waals surface area contributed by atoms with Gasteiger partial charge in [-0.2, -0.15) is 4.98 Å². The highest BCUT2D eigenvalue weighted by atomic mass is 32.2. The quantitative estimate of drug-likeness (QED) is 0.655. The standard InChI is InChI=1S/C15H12F3NO4S/c1-3-23-15(22)11-12(21)7-4-8(16)9(17)5-10(7)19-14(11)24-13(18)6(2)20/h4-5,13H,3H2,1-2H3,(H,19,21)/p+1. The molecule has 0 bridgehead atoms. The maximum absolute atomic E-state index is 13.7. The molecule has 2 N–H and O–H groups in total. The molecule has 2 aromatic rings. The molecule has 0 saturated carbocycles. The number of pyridine rings is 1. The SMILES string of the molecule is CCOC(=O)c1c(SC(F)C(C)=O)[nH+]c2cc(F)c(F)cc2c1O. The van der Waals surface area contributed by atoms with Crippen LogP contribution in [0.4, 0.5) is 13.2 Å². The van der Waals surface area contributed by atoms with Crippen LogP contribution in [-0.2, 0) is 9.53 Å². The summed E-state index contributed by atoms with van der Waals surface area (Å²) < 4.78 is 45.3. The molecule has 0 aliphatic heterocycles. The molecule has 2 rings (SSSR count). The molecule has 1 atom stereocenters. The number of aromatic amines is 1. The lowest BCUT2D eigenvalue weighted by Gasteiger charge is -2.09. The number of nitrogens with one attached hydrogen (secondary N) is 1. The third-order valence-corrected chi connectivity index (χ3v) is 4.13. The summed E-state index contributed by atoms with van der Waals surface area (Å²) in [6.07, 6.45) is 0. The predicted octanol–water partition coefficient (Wildman–Crippen LogP) is 2.79. The van der Waals surface area contributed by atoms with Crippen molar-refractivity contribution in [3.8, 4) is 5.75 Å². The number of aromatic hydroxyl groups is 1. The Morgan fingerprint density at radius 2 is 1.96 bits per heavy atom. The number of esters is 1. The fourth-order valence-corrected chi connectivity index (χ4v) is 2.78. The Hall–Kier alpha value is -2.29. The number of H-pyrrole nitrogens is 1. The summed E-state index contributed by atoms with van der Waals surface area (Å²) in [7, 11) is 0. The minimum atomic E-state index is -2.02. The largest absolute Gasteiger partial charge is 0.506 e. The number of Topliss-reactive ketones (excluding diaryl/α,β-unsaturated/α-hetero) is 1. The second-order valence-electron chi connectivity index (χ2n) is 4.75. The maximum atomic E-state index is 13.7. The van der Waals surface area contributed by atoms with Crippen LogP contribution in [-0.4, -0.2) is 29.0 Å². The van der Waals surface area contributed by atoms with Gasteiger partial charge in [0.05, 0.1) is 12.0 Å². The molecule has 0 amide bonds. The van der Waals surface area contributed by atoms with Gasteiger partial charge in [-0.25, -0.2) is 18.0 Å². The minimum Gasteiger partial charge on any atom is -0.506 e. The van der Waals surface area contributed by atoms with E-state index < -0.39 is 40.2 Å². The molecule has 0 saturated heterocycles. The third-order valence-electron chi connectivity index (χ3n) is 3.05. The molecule has 1 aromatic heterocycles. The third kappa shape index (κ3) is 3.45. The van der Waals surface area contributed by atoms with Gasteiger partial charge in [-0.05, 0) is 31.7 Å². The van der Waals surface area contributed by atoms with Crippen molar-refractivity contribution in [1.29, 1.82) is 0 Å². The molecule has 128 valence electrons. The van der Waals surface area contributed by atoms with Gasteiger partial charge in [0.1, 0.15) is 0 Å². The summed E-state index contributed by atoms with van der Waals surface area (Å²) in [5, 5.41) is 9.85. The number of aromatic nitrogens is 1. The van der Waals surface area contributed by atoms with Gasteiger partial charge in [0.15, 0.2) is 28.7 Å². The highest BCUT2D eigenvalue weighted by Gasteiger charge is 2.31. The second-order valence-corrected chi connectivity index (χ2v) is 5.81. The molecule has 0 aliphatic rings. The van der Waals surface area contributed by atoms with Gasteiger partial charge in [0.25, 0.3) is 5.03 Å². The molecule has 1 heterocycles. The molecule has 1 aromatic carbocycles. The number of hydrogen-bond acceptors (Lipinski definition) is 5. The lowest BCUT2D eigenvalue weighted by molar-refractivity contribution is -0.395. The monoisotopic (exact) mass is 360 g/mol. The van der Waals surface area contributed by atoms with E-state index in [1.54, 1.807) is 0 Å². The van der Waals surface area contributed by atoms with E-state index >= 15 is 0 Å². The second kappa shape index (κ2) is 7.08. The average molecular weight is 360 g/mol. The minimum absolute atomic E-state index is 0.0239. The number of benzene rings is 1. The highest BCUT2D eigenvalue weighted by Crippen LogP contribution is 2.35. The fraction of sp³-hybridized carbons (Fsp3) is 0.267. The molecule has 0 spiro atoms. The van der Waals surface area contributed by atoms with Crippen molar-refractivity contribution in [2.75, 3.05) is 6.61 Å². The molecular formula is C15H13F3NO4S+. The van der Waals surface area contributed by atoms with Gasteiger partial charge >= 0.3 is 5.97 Å². The van der Waals surface area contributed by atoms with Crippen LogP contribution in [0.5, 0.6) is 5.75 Å². The van der Waals surface area contributed by atoms with Crippen LogP contribution in [0.1, 0.15) is 24.2 Å². The summed E-state index contributed by atoms with van der Waals surface area (Å²) in [5.74, 6) is -4.92.